The van der Waals surface area contributed by atoms with Crippen molar-refractivity contribution in [1.29, 1.82) is 0 Å². The lowest BCUT2D eigenvalue weighted by Gasteiger charge is -1.99. The molecule has 0 radical (unpaired) electrons. The molecular formula is C16H12N4OS2. The van der Waals surface area contributed by atoms with Crippen molar-refractivity contribution in [1.82, 2.24) is 15.2 Å². The van der Waals surface area contributed by atoms with E-state index < -0.39 is 0 Å². The van der Waals surface area contributed by atoms with Crippen molar-refractivity contribution < 1.29 is 4.42 Å². The SMILES string of the molecule is c1ccc(Nc2nnc(SCc3nc4ccccc4o3)s2)cc1. The predicted molar refractivity (Wildman–Crippen MR) is 93.2 cm³/mol. The second-order valence-corrected chi connectivity index (χ2v) is 6.93. The minimum atomic E-state index is 0.634. The maximum Gasteiger partial charge on any atom is 0.210 e. The van der Waals surface area contributed by atoms with Crippen molar-refractivity contribution in [2.24, 2.45) is 0 Å². The minimum absolute atomic E-state index is 0.634. The van der Waals surface area contributed by atoms with Gasteiger partial charge in [0.15, 0.2) is 9.92 Å². The smallest absolute Gasteiger partial charge is 0.210 e. The summed E-state index contributed by atoms with van der Waals surface area (Å²) in [6.07, 6.45) is 0. The van der Waals surface area contributed by atoms with E-state index in [4.69, 9.17) is 4.42 Å². The number of anilines is 2. The molecule has 0 atom stereocenters. The highest BCUT2D eigenvalue weighted by molar-refractivity contribution is 8.00. The summed E-state index contributed by atoms with van der Waals surface area (Å²) < 4.78 is 6.58. The largest absolute Gasteiger partial charge is 0.440 e. The molecule has 0 fully saturated rings. The third-order valence-corrected chi connectivity index (χ3v) is 5.05. The summed E-state index contributed by atoms with van der Waals surface area (Å²) in [6, 6.07) is 17.7. The van der Waals surface area contributed by atoms with Gasteiger partial charge in [0, 0.05) is 5.69 Å². The minimum Gasteiger partial charge on any atom is -0.440 e. The fraction of sp³-hybridized carbons (Fsp3) is 0.0625. The summed E-state index contributed by atoms with van der Waals surface area (Å²) in [6.45, 7) is 0. The van der Waals surface area contributed by atoms with Crippen LogP contribution in [0.4, 0.5) is 10.8 Å². The molecule has 1 N–H and O–H groups in total. The average molecular weight is 340 g/mol. The average Bonchev–Trinajstić information content (AvgIpc) is 3.20. The van der Waals surface area contributed by atoms with Crippen LogP contribution in [-0.2, 0) is 5.75 Å². The van der Waals surface area contributed by atoms with Crippen LogP contribution in [-0.4, -0.2) is 15.2 Å². The zero-order valence-electron chi connectivity index (χ0n) is 12.0. The molecule has 114 valence electrons. The van der Waals surface area contributed by atoms with Crippen molar-refractivity contribution in [2.45, 2.75) is 10.1 Å². The summed E-state index contributed by atoms with van der Waals surface area (Å²) in [5.41, 5.74) is 2.69. The number of nitrogens with one attached hydrogen (secondary N) is 1. The zero-order chi connectivity index (χ0) is 15.5. The molecule has 4 aromatic rings. The lowest BCUT2D eigenvalue weighted by Crippen LogP contribution is -1.87. The van der Waals surface area contributed by atoms with E-state index in [2.05, 4.69) is 20.5 Å². The first-order valence-electron chi connectivity index (χ1n) is 7.00. The number of para-hydroxylation sites is 3. The number of thioether (sulfide) groups is 1. The van der Waals surface area contributed by atoms with Gasteiger partial charge < -0.3 is 9.73 Å². The molecule has 0 amide bonds. The van der Waals surface area contributed by atoms with Gasteiger partial charge in [-0.3, -0.25) is 0 Å². The van der Waals surface area contributed by atoms with Crippen molar-refractivity contribution in [3.05, 3.63) is 60.5 Å². The molecule has 0 aliphatic heterocycles. The third kappa shape index (κ3) is 3.35. The van der Waals surface area contributed by atoms with Gasteiger partial charge in [0.05, 0.1) is 5.75 Å². The molecular weight excluding hydrogens is 328 g/mol. The van der Waals surface area contributed by atoms with Gasteiger partial charge in [-0.15, -0.1) is 10.2 Å². The number of benzene rings is 2. The van der Waals surface area contributed by atoms with E-state index in [1.54, 1.807) is 11.8 Å². The first-order valence-corrected chi connectivity index (χ1v) is 8.80. The molecule has 0 bridgehead atoms. The van der Waals surface area contributed by atoms with Crippen LogP contribution in [0.25, 0.3) is 11.1 Å². The van der Waals surface area contributed by atoms with Crippen LogP contribution in [0.15, 0.2) is 63.4 Å². The van der Waals surface area contributed by atoms with E-state index in [1.807, 2.05) is 54.6 Å². The number of nitrogens with zero attached hydrogens (tertiary/aromatic N) is 3. The van der Waals surface area contributed by atoms with Crippen molar-refractivity contribution >= 4 is 45.0 Å². The lowest BCUT2D eigenvalue weighted by atomic mass is 10.3. The summed E-state index contributed by atoms with van der Waals surface area (Å²) in [7, 11) is 0. The maximum atomic E-state index is 5.70. The van der Waals surface area contributed by atoms with Crippen molar-refractivity contribution in [2.75, 3.05) is 5.32 Å². The van der Waals surface area contributed by atoms with Crippen LogP contribution in [0, 0.1) is 0 Å². The molecule has 0 unspecified atom stereocenters. The molecule has 0 spiro atoms. The molecule has 23 heavy (non-hydrogen) atoms. The molecule has 2 aromatic heterocycles. The first-order chi connectivity index (χ1) is 11.4. The van der Waals surface area contributed by atoms with Gasteiger partial charge in [-0.25, -0.2) is 4.98 Å². The van der Waals surface area contributed by atoms with Gasteiger partial charge >= 0.3 is 0 Å². The summed E-state index contributed by atoms with van der Waals surface area (Å²) >= 11 is 3.08. The molecule has 0 aliphatic carbocycles. The number of oxazole rings is 1. The Morgan fingerprint density at radius 1 is 1.00 bits per heavy atom. The molecule has 2 aromatic carbocycles. The van der Waals surface area contributed by atoms with E-state index in [-0.39, 0.29) is 0 Å². The molecule has 2 heterocycles. The van der Waals surface area contributed by atoms with Crippen molar-refractivity contribution in [3.8, 4) is 0 Å². The second-order valence-electron chi connectivity index (χ2n) is 4.73. The van der Waals surface area contributed by atoms with Gasteiger partial charge in [-0.1, -0.05) is 53.4 Å². The first kappa shape index (κ1) is 14.2. The van der Waals surface area contributed by atoms with Crippen molar-refractivity contribution in [3.63, 3.8) is 0 Å². The third-order valence-electron chi connectivity index (χ3n) is 3.09. The van der Waals surface area contributed by atoms with Gasteiger partial charge in [0.1, 0.15) is 5.52 Å². The maximum absolute atomic E-state index is 5.70. The van der Waals surface area contributed by atoms with E-state index in [1.165, 1.54) is 11.3 Å². The Morgan fingerprint density at radius 3 is 2.70 bits per heavy atom. The van der Waals surface area contributed by atoms with E-state index in [0.29, 0.717) is 11.6 Å². The Hall–Kier alpha value is -2.38. The van der Waals surface area contributed by atoms with E-state index in [9.17, 15) is 0 Å². The lowest BCUT2D eigenvalue weighted by molar-refractivity contribution is 0.556. The van der Waals surface area contributed by atoms with Crippen LogP contribution in [0.5, 0.6) is 0 Å². The Kier molecular flexibility index (Phi) is 3.95. The van der Waals surface area contributed by atoms with E-state index in [0.717, 1.165) is 26.3 Å². The molecule has 5 nitrogen and oxygen atoms in total. The highest BCUT2D eigenvalue weighted by Crippen LogP contribution is 2.30. The Morgan fingerprint density at radius 2 is 1.83 bits per heavy atom. The Balaban J connectivity index is 1.41. The molecule has 0 aliphatic rings. The zero-order valence-corrected chi connectivity index (χ0v) is 13.6. The number of rotatable bonds is 5. The topological polar surface area (TPSA) is 63.8 Å². The Bertz CT molecular complexity index is 887. The normalized spacial score (nSPS) is 11.0. The summed E-state index contributed by atoms with van der Waals surface area (Å²) in [5.74, 6) is 1.33. The molecule has 0 saturated carbocycles. The Labute approximate surface area is 140 Å². The fourth-order valence-corrected chi connectivity index (χ4v) is 3.68. The van der Waals surface area contributed by atoms with Crippen LogP contribution in [0.2, 0.25) is 0 Å². The summed E-state index contributed by atoms with van der Waals surface area (Å²) in [5, 5.41) is 12.3. The van der Waals surface area contributed by atoms with Gasteiger partial charge in [0.25, 0.3) is 0 Å². The quantitative estimate of drug-likeness (QED) is 0.531. The highest BCUT2D eigenvalue weighted by Gasteiger charge is 2.09. The van der Waals surface area contributed by atoms with Crippen LogP contribution >= 0.6 is 23.1 Å². The number of aromatic nitrogens is 3. The fourth-order valence-electron chi connectivity index (χ4n) is 2.07. The van der Waals surface area contributed by atoms with Crippen LogP contribution in [0.1, 0.15) is 5.89 Å². The second kappa shape index (κ2) is 6.39. The van der Waals surface area contributed by atoms with E-state index >= 15 is 0 Å². The summed E-state index contributed by atoms with van der Waals surface area (Å²) in [4.78, 5) is 4.46. The van der Waals surface area contributed by atoms with Crippen LogP contribution in [0.3, 0.4) is 0 Å². The standard InChI is InChI=1S/C16H12N4OS2/c1-2-6-11(7-3-1)17-15-19-20-16(23-15)22-10-14-18-12-8-4-5-9-13(12)21-14/h1-9H,10H2,(H,17,19). The molecule has 7 heteroatoms. The van der Waals surface area contributed by atoms with Gasteiger partial charge in [-0.2, -0.15) is 0 Å². The van der Waals surface area contributed by atoms with Crippen LogP contribution < -0.4 is 5.32 Å². The monoisotopic (exact) mass is 340 g/mol. The highest BCUT2D eigenvalue weighted by atomic mass is 32.2. The predicted octanol–water partition coefficient (Wildman–Crippen LogP) is 4.72. The van der Waals surface area contributed by atoms with Gasteiger partial charge in [0.2, 0.25) is 11.0 Å². The number of fused-ring (bicyclic) bond motifs is 1. The van der Waals surface area contributed by atoms with Gasteiger partial charge in [-0.05, 0) is 24.3 Å². The number of hydrogen-bond donors (Lipinski definition) is 1. The molecule has 0 saturated heterocycles. The molecule has 4 rings (SSSR count). The number of hydrogen-bond acceptors (Lipinski definition) is 7.